The van der Waals surface area contributed by atoms with Crippen LogP contribution in [0.25, 0.3) is 10.9 Å². The summed E-state index contributed by atoms with van der Waals surface area (Å²) >= 11 is 3.64. The Hall–Kier alpha value is -1.55. The number of aromatic nitrogens is 1. The summed E-state index contributed by atoms with van der Waals surface area (Å²) in [5.74, 6) is 0.806. The van der Waals surface area contributed by atoms with Crippen LogP contribution in [0, 0.1) is 29.6 Å². The maximum Gasteiger partial charge on any atom is 0.312 e. The fourth-order valence-electron chi connectivity index (χ4n) is 6.02. The minimum absolute atomic E-state index is 0.0425. The zero-order chi connectivity index (χ0) is 21.0. The monoisotopic (exact) mass is 457 g/mol. The molecule has 0 saturated heterocycles. The van der Waals surface area contributed by atoms with E-state index in [0.29, 0.717) is 5.92 Å². The number of esters is 1. The molecule has 0 unspecified atom stereocenters. The Balaban J connectivity index is 1.78. The molecule has 29 heavy (non-hydrogen) atoms. The minimum atomic E-state index is -0.404. The van der Waals surface area contributed by atoms with Crippen molar-refractivity contribution in [1.82, 2.24) is 4.98 Å². The van der Waals surface area contributed by atoms with Gasteiger partial charge in [0.05, 0.1) is 12.5 Å². The molecule has 4 atom stereocenters. The number of methoxy groups -OCH3 is 1. The number of ether oxygens (including phenoxy) is 1. The molecule has 1 heterocycles. The zero-order valence-corrected chi connectivity index (χ0v) is 19.8. The summed E-state index contributed by atoms with van der Waals surface area (Å²) in [5, 5.41) is 1.31. The van der Waals surface area contributed by atoms with Gasteiger partial charge in [0.2, 0.25) is 0 Å². The fourth-order valence-corrected chi connectivity index (χ4v) is 6.38. The van der Waals surface area contributed by atoms with Gasteiger partial charge in [0.1, 0.15) is 0 Å². The van der Waals surface area contributed by atoms with Crippen molar-refractivity contribution in [3.05, 3.63) is 45.6 Å². The Morgan fingerprint density at radius 1 is 1.31 bits per heavy atom. The average molecular weight is 458 g/mol. The lowest BCUT2D eigenvalue weighted by atomic mass is 9.51. The summed E-state index contributed by atoms with van der Waals surface area (Å²) in [6, 6.07) is 6.48. The van der Waals surface area contributed by atoms with Crippen molar-refractivity contribution in [2.24, 2.45) is 22.7 Å². The zero-order valence-electron chi connectivity index (χ0n) is 18.2. The average Bonchev–Trinajstić information content (AvgIpc) is 2.99. The number of hydrogen-bond acceptors (Lipinski definition) is 2. The predicted molar refractivity (Wildman–Crippen MR) is 122 cm³/mol. The molecule has 2 aromatic rings. The Bertz CT molecular complexity index is 990. The van der Waals surface area contributed by atoms with Gasteiger partial charge in [0.15, 0.2) is 0 Å². The number of nitrogens with one attached hydrogen (secondary N) is 1. The number of fused-ring (bicyclic) bond motifs is 2. The van der Waals surface area contributed by atoms with Crippen LogP contribution in [-0.4, -0.2) is 18.1 Å². The minimum Gasteiger partial charge on any atom is -0.469 e. The number of carbonyl (C=O) groups is 1. The van der Waals surface area contributed by atoms with E-state index in [1.54, 1.807) is 0 Å². The number of H-pyrrole nitrogens is 1. The maximum atomic E-state index is 12.8. The van der Waals surface area contributed by atoms with Gasteiger partial charge >= 0.3 is 5.97 Å². The molecular formula is C25H32BrNO2. The van der Waals surface area contributed by atoms with E-state index in [2.05, 4.69) is 72.9 Å². The van der Waals surface area contributed by atoms with E-state index in [0.717, 1.165) is 36.6 Å². The van der Waals surface area contributed by atoms with Crippen molar-refractivity contribution in [2.45, 2.75) is 59.8 Å². The third-order valence-corrected chi connectivity index (χ3v) is 8.58. The first-order valence-corrected chi connectivity index (χ1v) is 11.6. The van der Waals surface area contributed by atoms with Gasteiger partial charge in [-0.3, -0.25) is 4.79 Å². The summed E-state index contributed by atoms with van der Waals surface area (Å²) in [5.41, 5.74) is 4.98. The quantitative estimate of drug-likeness (QED) is 0.409. The molecule has 2 aliphatic carbocycles. The molecule has 4 heteroatoms. The molecule has 1 N–H and O–H groups in total. The molecule has 4 rings (SSSR count). The highest BCUT2D eigenvalue weighted by Crippen LogP contribution is 2.58. The van der Waals surface area contributed by atoms with E-state index >= 15 is 0 Å². The molecule has 0 bridgehead atoms. The van der Waals surface area contributed by atoms with Crippen LogP contribution >= 0.6 is 15.9 Å². The second-order valence-electron chi connectivity index (χ2n) is 9.65. The molecular weight excluding hydrogens is 426 g/mol. The third kappa shape index (κ3) is 3.19. The summed E-state index contributed by atoms with van der Waals surface area (Å²) in [6.07, 6.45) is 7.51. The highest BCUT2D eigenvalue weighted by Gasteiger charge is 2.53. The highest BCUT2D eigenvalue weighted by atomic mass is 79.9. The van der Waals surface area contributed by atoms with Crippen molar-refractivity contribution >= 4 is 32.8 Å². The van der Waals surface area contributed by atoms with Crippen LogP contribution in [0.2, 0.25) is 0 Å². The van der Waals surface area contributed by atoms with Gasteiger partial charge in [0, 0.05) is 21.1 Å². The number of aryl methyl sites for hydroxylation is 1. The number of allylic oxidation sites excluding steroid dienone is 2. The van der Waals surface area contributed by atoms with Gasteiger partial charge in [0.25, 0.3) is 0 Å². The first-order chi connectivity index (χ1) is 13.7. The summed E-state index contributed by atoms with van der Waals surface area (Å²) in [7, 11) is 1.53. The molecule has 0 spiro atoms. The molecule has 0 radical (unpaired) electrons. The van der Waals surface area contributed by atoms with E-state index in [1.165, 1.54) is 34.8 Å². The van der Waals surface area contributed by atoms with E-state index < -0.39 is 5.41 Å². The molecule has 1 aromatic heterocycles. The van der Waals surface area contributed by atoms with Crippen LogP contribution in [-0.2, 0) is 16.0 Å². The van der Waals surface area contributed by atoms with Crippen LogP contribution in [0.4, 0.5) is 0 Å². The highest BCUT2D eigenvalue weighted by molar-refractivity contribution is 9.10. The van der Waals surface area contributed by atoms with Gasteiger partial charge in [-0.15, -0.1) is 0 Å². The molecule has 3 nitrogen and oxygen atoms in total. The van der Waals surface area contributed by atoms with E-state index in [1.807, 2.05) is 0 Å². The first kappa shape index (κ1) is 20.7. The number of halogens is 1. The Morgan fingerprint density at radius 2 is 2.07 bits per heavy atom. The summed E-state index contributed by atoms with van der Waals surface area (Å²) < 4.78 is 6.37. The standard InChI is InChI=1S/C25H32BrNO2/c1-15-8-10-21-20(7-6-12-24(21,3)23(28)29-5)25(15,4)14-19-16(2)27-22-11-9-17(26)13-18(19)22/h7,9,11,13,15,21,27H,6,8,10,12,14H2,1-5H3/t15-,21+,24+,25+/m1/s1. The van der Waals surface area contributed by atoms with Gasteiger partial charge in [-0.25, -0.2) is 0 Å². The van der Waals surface area contributed by atoms with Crippen LogP contribution in [0.5, 0.6) is 0 Å². The van der Waals surface area contributed by atoms with Crippen molar-refractivity contribution in [3.8, 4) is 0 Å². The molecule has 1 saturated carbocycles. The third-order valence-electron chi connectivity index (χ3n) is 8.09. The van der Waals surface area contributed by atoms with Gasteiger partial charge in [-0.1, -0.05) is 41.4 Å². The Morgan fingerprint density at radius 3 is 2.79 bits per heavy atom. The van der Waals surface area contributed by atoms with Crippen LogP contribution in [0.3, 0.4) is 0 Å². The number of hydrogen-bond donors (Lipinski definition) is 1. The molecule has 0 amide bonds. The van der Waals surface area contributed by atoms with Crippen molar-refractivity contribution < 1.29 is 9.53 Å². The van der Waals surface area contributed by atoms with Crippen molar-refractivity contribution in [3.63, 3.8) is 0 Å². The number of rotatable bonds is 3. The Kier molecular flexibility index (Phi) is 5.21. The largest absolute Gasteiger partial charge is 0.469 e. The second kappa shape index (κ2) is 7.30. The Labute approximate surface area is 182 Å². The van der Waals surface area contributed by atoms with Crippen molar-refractivity contribution in [1.29, 1.82) is 0 Å². The van der Waals surface area contributed by atoms with Crippen LogP contribution < -0.4 is 0 Å². The van der Waals surface area contributed by atoms with E-state index in [-0.39, 0.29) is 17.3 Å². The van der Waals surface area contributed by atoms with Gasteiger partial charge in [-0.05, 0) is 87.0 Å². The van der Waals surface area contributed by atoms with Gasteiger partial charge < -0.3 is 9.72 Å². The lowest BCUT2D eigenvalue weighted by Gasteiger charge is -2.53. The smallest absolute Gasteiger partial charge is 0.312 e. The molecule has 1 aromatic carbocycles. The lowest BCUT2D eigenvalue weighted by molar-refractivity contribution is -0.156. The van der Waals surface area contributed by atoms with Gasteiger partial charge in [-0.2, -0.15) is 0 Å². The van der Waals surface area contributed by atoms with Crippen LogP contribution in [0.15, 0.2) is 34.3 Å². The second-order valence-corrected chi connectivity index (χ2v) is 10.6. The topological polar surface area (TPSA) is 42.1 Å². The predicted octanol–water partition coefficient (Wildman–Crippen LogP) is 6.73. The van der Waals surface area contributed by atoms with Crippen LogP contribution in [0.1, 0.15) is 57.7 Å². The lowest BCUT2D eigenvalue weighted by Crippen LogP contribution is -2.48. The first-order valence-electron chi connectivity index (χ1n) is 10.8. The summed E-state index contributed by atoms with van der Waals surface area (Å²) in [6.45, 7) is 9.13. The van der Waals surface area contributed by atoms with E-state index in [9.17, 15) is 4.79 Å². The number of carbonyl (C=O) groups excluding carboxylic acids is 1. The number of benzene rings is 1. The molecule has 156 valence electrons. The molecule has 0 aliphatic heterocycles. The fraction of sp³-hybridized carbons (Fsp3) is 0.560. The summed E-state index contributed by atoms with van der Waals surface area (Å²) in [4.78, 5) is 16.3. The maximum absolute atomic E-state index is 12.8. The SMILES string of the molecule is COC(=O)[C@@]1(C)CCC=C2[C@@H]1CC[C@@H](C)[C@]2(C)Cc1c(C)[nH]c2ccc(Br)cc12. The van der Waals surface area contributed by atoms with Crippen molar-refractivity contribution in [2.75, 3.05) is 7.11 Å². The molecule has 1 fully saturated rings. The molecule has 2 aliphatic rings. The normalized spacial score (nSPS) is 32.0. The van der Waals surface area contributed by atoms with E-state index in [4.69, 9.17) is 4.74 Å². The number of aromatic amines is 1.